The van der Waals surface area contributed by atoms with E-state index in [1.54, 1.807) is 0 Å². The largest absolute Gasteiger partial charge is 0.356 e. The Morgan fingerprint density at radius 2 is 2.13 bits per heavy atom. The molecular formula is C16H17N5OS. The third-order valence-electron chi connectivity index (χ3n) is 4.02. The molecule has 4 rings (SSSR count). The molecule has 1 fully saturated rings. The van der Waals surface area contributed by atoms with Gasteiger partial charge in [-0.05, 0) is 12.0 Å². The molecule has 2 aromatic heterocycles. The SMILES string of the molecule is O=c1ccnc2sc(N[C@H]3CCN(Cc4ccccc4)C3)nn12. The fourth-order valence-corrected chi connectivity index (χ4v) is 3.76. The quantitative estimate of drug-likeness (QED) is 0.792. The maximum absolute atomic E-state index is 11.7. The van der Waals surface area contributed by atoms with Crippen LogP contribution in [0.25, 0.3) is 4.96 Å². The lowest BCUT2D eigenvalue weighted by atomic mass is 10.2. The maximum Gasteiger partial charge on any atom is 0.275 e. The van der Waals surface area contributed by atoms with Gasteiger partial charge in [-0.15, -0.1) is 5.10 Å². The Labute approximate surface area is 137 Å². The van der Waals surface area contributed by atoms with Crippen LogP contribution in [-0.2, 0) is 6.54 Å². The molecular weight excluding hydrogens is 310 g/mol. The van der Waals surface area contributed by atoms with Gasteiger partial charge in [-0.3, -0.25) is 9.69 Å². The molecule has 7 heteroatoms. The molecule has 0 aliphatic carbocycles. The number of benzene rings is 1. The summed E-state index contributed by atoms with van der Waals surface area (Å²) < 4.78 is 1.35. The molecule has 1 N–H and O–H groups in total. The normalized spacial score (nSPS) is 18.5. The van der Waals surface area contributed by atoms with Crippen molar-refractivity contribution < 1.29 is 0 Å². The Bertz CT molecular complexity index is 860. The van der Waals surface area contributed by atoms with Gasteiger partial charge in [-0.25, -0.2) is 4.98 Å². The van der Waals surface area contributed by atoms with E-state index in [9.17, 15) is 4.79 Å². The van der Waals surface area contributed by atoms with Crippen molar-refractivity contribution in [3.05, 3.63) is 58.5 Å². The average molecular weight is 327 g/mol. The molecule has 1 aromatic carbocycles. The van der Waals surface area contributed by atoms with Crippen molar-refractivity contribution in [2.24, 2.45) is 0 Å². The predicted molar refractivity (Wildman–Crippen MR) is 90.9 cm³/mol. The molecule has 3 heterocycles. The number of hydrogen-bond acceptors (Lipinski definition) is 6. The van der Waals surface area contributed by atoms with Gasteiger partial charge in [-0.2, -0.15) is 4.52 Å². The lowest BCUT2D eigenvalue weighted by Crippen LogP contribution is -2.26. The molecule has 3 aromatic rings. The second-order valence-electron chi connectivity index (χ2n) is 5.74. The van der Waals surface area contributed by atoms with Crippen LogP contribution in [0.15, 0.2) is 47.4 Å². The highest BCUT2D eigenvalue weighted by molar-refractivity contribution is 7.20. The molecule has 0 unspecified atom stereocenters. The molecule has 0 bridgehead atoms. The summed E-state index contributed by atoms with van der Waals surface area (Å²) in [7, 11) is 0. The lowest BCUT2D eigenvalue weighted by molar-refractivity contribution is 0.328. The number of likely N-dealkylation sites (tertiary alicyclic amines) is 1. The highest BCUT2D eigenvalue weighted by Gasteiger charge is 2.23. The number of nitrogens with zero attached hydrogens (tertiary/aromatic N) is 4. The Hall–Kier alpha value is -2.25. The first-order chi connectivity index (χ1) is 11.3. The number of nitrogens with one attached hydrogen (secondary N) is 1. The minimum atomic E-state index is -0.142. The van der Waals surface area contributed by atoms with E-state index < -0.39 is 0 Å². The molecule has 1 saturated heterocycles. The average Bonchev–Trinajstić information content (AvgIpc) is 3.16. The van der Waals surface area contributed by atoms with E-state index in [0.717, 1.165) is 31.2 Å². The third-order valence-corrected chi connectivity index (χ3v) is 4.87. The number of rotatable bonds is 4. The predicted octanol–water partition coefficient (Wildman–Crippen LogP) is 1.84. The Kier molecular flexibility index (Phi) is 3.80. The van der Waals surface area contributed by atoms with Crippen molar-refractivity contribution in [2.75, 3.05) is 18.4 Å². The second kappa shape index (κ2) is 6.10. The van der Waals surface area contributed by atoms with Gasteiger partial charge in [0.25, 0.3) is 5.56 Å². The third kappa shape index (κ3) is 3.11. The van der Waals surface area contributed by atoms with Gasteiger partial charge in [-0.1, -0.05) is 41.7 Å². The molecule has 0 radical (unpaired) electrons. The van der Waals surface area contributed by atoms with Gasteiger partial charge in [0.15, 0.2) is 0 Å². The summed E-state index contributed by atoms with van der Waals surface area (Å²) in [5.74, 6) is 0. The van der Waals surface area contributed by atoms with Crippen LogP contribution in [0, 0.1) is 0 Å². The zero-order chi connectivity index (χ0) is 15.6. The summed E-state index contributed by atoms with van der Waals surface area (Å²) in [5, 5.41) is 8.51. The van der Waals surface area contributed by atoms with E-state index in [1.165, 1.54) is 33.7 Å². The molecule has 0 spiro atoms. The molecule has 1 aliphatic rings. The van der Waals surface area contributed by atoms with Crippen LogP contribution < -0.4 is 10.9 Å². The molecule has 118 valence electrons. The minimum absolute atomic E-state index is 0.142. The summed E-state index contributed by atoms with van der Waals surface area (Å²) in [6.45, 7) is 3.02. The van der Waals surface area contributed by atoms with Crippen molar-refractivity contribution in [1.29, 1.82) is 0 Å². The number of anilines is 1. The van der Waals surface area contributed by atoms with E-state index >= 15 is 0 Å². The van der Waals surface area contributed by atoms with Gasteiger partial charge in [0, 0.05) is 37.9 Å². The first kappa shape index (κ1) is 14.3. The molecule has 1 aliphatic heterocycles. The van der Waals surface area contributed by atoms with Gasteiger partial charge in [0.1, 0.15) is 0 Å². The van der Waals surface area contributed by atoms with Crippen LogP contribution in [0.4, 0.5) is 5.13 Å². The van der Waals surface area contributed by atoms with Crippen LogP contribution in [-0.4, -0.2) is 38.6 Å². The van der Waals surface area contributed by atoms with Crippen molar-refractivity contribution >= 4 is 21.4 Å². The number of hydrogen-bond donors (Lipinski definition) is 1. The van der Waals surface area contributed by atoms with Crippen LogP contribution in [0.1, 0.15) is 12.0 Å². The zero-order valence-electron chi connectivity index (χ0n) is 12.6. The fraction of sp³-hybridized carbons (Fsp3) is 0.312. The molecule has 1 atom stereocenters. The number of aromatic nitrogens is 3. The molecule has 0 amide bonds. The zero-order valence-corrected chi connectivity index (χ0v) is 13.4. The Morgan fingerprint density at radius 3 is 2.96 bits per heavy atom. The summed E-state index contributed by atoms with van der Waals surface area (Å²) in [6, 6.07) is 12.3. The van der Waals surface area contributed by atoms with Gasteiger partial charge in [0.05, 0.1) is 0 Å². The summed E-state index contributed by atoms with van der Waals surface area (Å²) in [4.78, 5) is 19.0. The Balaban J connectivity index is 1.41. The van der Waals surface area contributed by atoms with E-state index in [4.69, 9.17) is 0 Å². The second-order valence-corrected chi connectivity index (χ2v) is 6.69. The van der Waals surface area contributed by atoms with E-state index in [2.05, 4.69) is 44.6 Å². The molecule has 23 heavy (non-hydrogen) atoms. The molecule has 0 saturated carbocycles. The molecule has 6 nitrogen and oxygen atoms in total. The fourth-order valence-electron chi connectivity index (χ4n) is 2.91. The van der Waals surface area contributed by atoms with Crippen molar-refractivity contribution in [3.8, 4) is 0 Å². The van der Waals surface area contributed by atoms with Crippen molar-refractivity contribution in [3.63, 3.8) is 0 Å². The van der Waals surface area contributed by atoms with Gasteiger partial charge in [0.2, 0.25) is 10.1 Å². The summed E-state index contributed by atoms with van der Waals surface area (Å²) in [5.41, 5.74) is 1.19. The van der Waals surface area contributed by atoms with Crippen LogP contribution in [0.2, 0.25) is 0 Å². The van der Waals surface area contributed by atoms with Crippen molar-refractivity contribution in [1.82, 2.24) is 19.5 Å². The first-order valence-electron chi connectivity index (χ1n) is 7.66. The first-order valence-corrected chi connectivity index (χ1v) is 8.47. The standard InChI is InChI=1S/C16H17N5OS/c22-14-6-8-17-16-21(14)19-15(23-16)18-13-7-9-20(11-13)10-12-4-2-1-3-5-12/h1-6,8,13H,7,9-11H2,(H,18,19)/t13-/m0/s1. The monoisotopic (exact) mass is 327 g/mol. The van der Waals surface area contributed by atoms with Crippen LogP contribution >= 0.6 is 11.3 Å². The van der Waals surface area contributed by atoms with E-state index in [-0.39, 0.29) is 5.56 Å². The number of fused-ring (bicyclic) bond motifs is 1. The smallest absolute Gasteiger partial charge is 0.275 e. The lowest BCUT2D eigenvalue weighted by Gasteiger charge is -2.16. The van der Waals surface area contributed by atoms with E-state index in [0.29, 0.717) is 11.0 Å². The van der Waals surface area contributed by atoms with Crippen molar-refractivity contribution in [2.45, 2.75) is 19.0 Å². The topological polar surface area (TPSA) is 62.5 Å². The minimum Gasteiger partial charge on any atom is -0.356 e. The Morgan fingerprint density at radius 1 is 1.26 bits per heavy atom. The highest BCUT2D eigenvalue weighted by atomic mass is 32.1. The van der Waals surface area contributed by atoms with Gasteiger partial charge < -0.3 is 5.32 Å². The van der Waals surface area contributed by atoms with Crippen LogP contribution in [0.3, 0.4) is 0 Å². The van der Waals surface area contributed by atoms with Gasteiger partial charge >= 0.3 is 0 Å². The summed E-state index contributed by atoms with van der Waals surface area (Å²) in [6.07, 6.45) is 2.60. The van der Waals surface area contributed by atoms with Crippen LogP contribution in [0.5, 0.6) is 0 Å². The van der Waals surface area contributed by atoms with E-state index in [1.807, 2.05) is 6.07 Å². The summed E-state index contributed by atoms with van der Waals surface area (Å²) >= 11 is 1.41. The highest BCUT2D eigenvalue weighted by Crippen LogP contribution is 2.21. The maximum atomic E-state index is 11.7.